The Morgan fingerprint density at radius 3 is 2.18 bits per heavy atom. The molecule has 10 heteroatoms. The molecule has 0 aliphatic rings. The van der Waals surface area contributed by atoms with E-state index in [9.17, 15) is 21.6 Å². The molecule has 0 heterocycles. The number of nitrogens with one attached hydrogen (secondary N) is 2. The maximum absolute atomic E-state index is 13.1. The molecule has 0 aliphatic carbocycles. The Bertz CT molecular complexity index is 1400. The third kappa shape index (κ3) is 5.91. The molecule has 1 amide bonds. The molecule has 0 radical (unpaired) electrons. The van der Waals surface area contributed by atoms with Gasteiger partial charge in [-0.05, 0) is 61.9 Å². The van der Waals surface area contributed by atoms with E-state index in [2.05, 4.69) is 10.0 Å². The number of amides is 1. The van der Waals surface area contributed by atoms with Crippen LogP contribution in [0.1, 0.15) is 21.5 Å². The van der Waals surface area contributed by atoms with Crippen LogP contribution in [0, 0.1) is 13.8 Å². The third-order valence-electron chi connectivity index (χ3n) is 4.94. The highest BCUT2D eigenvalue weighted by Gasteiger charge is 2.22. The largest absolute Gasteiger partial charge is 0.322 e. The molecule has 0 unspecified atom stereocenters. The maximum atomic E-state index is 13.1. The summed E-state index contributed by atoms with van der Waals surface area (Å²) < 4.78 is 52.9. The SMILES string of the molecule is Cc1ccc(N(C)S(=O)(=O)c2cccc(C(=O)Nc3ccc(C)c(NS(C)(=O)=O)c3)c2)cc1. The fourth-order valence-electron chi connectivity index (χ4n) is 3.06. The van der Waals surface area contributed by atoms with Gasteiger partial charge in [0.2, 0.25) is 10.0 Å². The van der Waals surface area contributed by atoms with Gasteiger partial charge in [-0.1, -0.05) is 29.8 Å². The topological polar surface area (TPSA) is 113 Å². The van der Waals surface area contributed by atoms with Crippen LogP contribution in [0.15, 0.2) is 71.6 Å². The van der Waals surface area contributed by atoms with Crippen molar-refractivity contribution in [3.63, 3.8) is 0 Å². The standard InChI is InChI=1S/C23H25N3O5S2/c1-16-8-12-20(13-9-16)26(3)33(30,31)21-7-5-6-18(14-21)23(27)24-19-11-10-17(2)22(15-19)25-32(4,28)29/h5-15,25H,1-4H3,(H,24,27). The van der Waals surface area contributed by atoms with Gasteiger partial charge in [0.05, 0.1) is 22.5 Å². The number of carbonyl (C=O) groups is 1. The van der Waals surface area contributed by atoms with Gasteiger partial charge in [0.1, 0.15) is 0 Å². The smallest absolute Gasteiger partial charge is 0.264 e. The van der Waals surface area contributed by atoms with Crippen molar-refractivity contribution in [2.24, 2.45) is 0 Å². The van der Waals surface area contributed by atoms with Gasteiger partial charge in [-0.25, -0.2) is 16.8 Å². The van der Waals surface area contributed by atoms with Gasteiger partial charge >= 0.3 is 0 Å². The number of aryl methyl sites for hydroxylation is 2. The Kier molecular flexibility index (Phi) is 6.80. The van der Waals surface area contributed by atoms with E-state index in [0.717, 1.165) is 16.1 Å². The number of sulfonamides is 2. The summed E-state index contributed by atoms with van der Waals surface area (Å²) >= 11 is 0. The summed E-state index contributed by atoms with van der Waals surface area (Å²) in [6, 6.07) is 17.6. The lowest BCUT2D eigenvalue weighted by Gasteiger charge is -2.20. The Hall–Kier alpha value is -3.37. The van der Waals surface area contributed by atoms with Gasteiger partial charge in [-0.2, -0.15) is 0 Å². The highest BCUT2D eigenvalue weighted by molar-refractivity contribution is 7.92. The Morgan fingerprint density at radius 2 is 1.55 bits per heavy atom. The van der Waals surface area contributed by atoms with Crippen molar-refractivity contribution >= 4 is 43.0 Å². The fraction of sp³-hybridized carbons (Fsp3) is 0.174. The zero-order valence-electron chi connectivity index (χ0n) is 18.7. The first-order chi connectivity index (χ1) is 15.4. The van der Waals surface area contributed by atoms with Crippen molar-refractivity contribution in [1.29, 1.82) is 0 Å². The first-order valence-electron chi connectivity index (χ1n) is 9.92. The number of anilines is 3. The fourth-order valence-corrected chi connectivity index (χ4v) is 4.92. The van der Waals surface area contributed by atoms with Gasteiger partial charge in [0.15, 0.2) is 0 Å². The van der Waals surface area contributed by atoms with Crippen LogP contribution in [0.3, 0.4) is 0 Å². The van der Waals surface area contributed by atoms with Crippen LogP contribution in [-0.2, 0) is 20.0 Å². The molecule has 0 atom stereocenters. The summed E-state index contributed by atoms with van der Waals surface area (Å²) in [5.74, 6) is -0.529. The number of nitrogens with zero attached hydrogens (tertiary/aromatic N) is 1. The van der Waals surface area contributed by atoms with Crippen LogP contribution < -0.4 is 14.3 Å². The molecule has 3 aromatic carbocycles. The summed E-state index contributed by atoms with van der Waals surface area (Å²) in [4.78, 5) is 12.8. The van der Waals surface area contributed by atoms with E-state index < -0.39 is 26.0 Å². The van der Waals surface area contributed by atoms with E-state index in [-0.39, 0.29) is 10.5 Å². The van der Waals surface area contributed by atoms with E-state index in [1.807, 2.05) is 19.1 Å². The van der Waals surface area contributed by atoms with Gasteiger partial charge in [-0.15, -0.1) is 0 Å². The van der Waals surface area contributed by atoms with Crippen molar-refractivity contribution in [3.8, 4) is 0 Å². The minimum atomic E-state index is -3.89. The average molecular weight is 488 g/mol. The Balaban J connectivity index is 1.85. The number of rotatable bonds is 7. The second-order valence-electron chi connectivity index (χ2n) is 7.69. The predicted octanol–water partition coefficient (Wildman–Crippen LogP) is 3.75. The molecule has 2 N–H and O–H groups in total. The van der Waals surface area contributed by atoms with E-state index in [1.54, 1.807) is 31.2 Å². The second-order valence-corrected chi connectivity index (χ2v) is 11.4. The molecular weight excluding hydrogens is 462 g/mol. The molecule has 3 aromatic rings. The maximum Gasteiger partial charge on any atom is 0.264 e. The van der Waals surface area contributed by atoms with Crippen LogP contribution in [0.5, 0.6) is 0 Å². The van der Waals surface area contributed by atoms with Gasteiger partial charge in [0.25, 0.3) is 15.9 Å². The van der Waals surface area contributed by atoms with E-state index in [1.165, 1.54) is 37.4 Å². The molecule has 0 fully saturated rings. The van der Waals surface area contributed by atoms with Gasteiger partial charge in [0, 0.05) is 18.3 Å². The van der Waals surface area contributed by atoms with Crippen molar-refractivity contribution in [3.05, 3.63) is 83.4 Å². The number of hydrogen-bond acceptors (Lipinski definition) is 5. The lowest BCUT2D eigenvalue weighted by molar-refractivity contribution is 0.102. The Labute approximate surface area is 194 Å². The number of carbonyl (C=O) groups excluding carboxylic acids is 1. The van der Waals surface area contributed by atoms with Crippen LogP contribution in [0.2, 0.25) is 0 Å². The molecule has 0 aliphatic heterocycles. The second kappa shape index (κ2) is 9.24. The molecule has 0 aromatic heterocycles. The monoisotopic (exact) mass is 487 g/mol. The van der Waals surface area contributed by atoms with Crippen LogP contribution >= 0.6 is 0 Å². The minimum absolute atomic E-state index is 0.0263. The summed E-state index contributed by atoms with van der Waals surface area (Å²) in [6.45, 7) is 3.65. The zero-order valence-corrected chi connectivity index (χ0v) is 20.3. The van der Waals surface area contributed by atoms with E-state index >= 15 is 0 Å². The molecule has 33 heavy (non-hydrogen) atoms. The molecule has 174 valence electrons. The molecule has 0 spiro atoms. The first-order valence-corrected chi connectivity index (χ1v) is 13.3. The van der Waals surface area contributed by atoms with E-state index in [0.29, 0.717) is 22.6 Å². The van der Waals surface area contributed by atoms with Crippen molar-refractivity contribution in [2.45, 2.75) is 18.7 Å². The lowest BCUT2D eigenvalue weighted by atomic mass is 10.1. The lowest BCUT2D eigenvalue weighted by Crippen LogP contribution is -2.26. The van der Waals surface area contributed by atoms with Gasteiger partial charge < -0.3 is 5.32 Å². The third-order valence-corrected chi connectivity index (χ3v) is 7.32. The zero-order chi connectivity index (χ0) is 24.4. The average Bonchev–Trinajstić information content (AvgIpc) is 2.75. The number of hydrogen-bond donors (Lipinski definition) is 2. The van der Waals surface area contributed by atoms with Crippen LogP contribution in [0.4, 0.5) is 17.1 Å². The summed E-state index contributed by atoms with van der Waals surface area (Å²) in [6.07, 6.45) is 1.04. The number of benzene rings is 3. The van der Waals surface area contributed by atoms with Crippen molar-refractivity contribution < 1.29 is 21.6 Å². The summed E-state index contributed by atoms with van der Waals surface area (Å²) in [7, 11) is -5.92. The molecule has 0 saturated carbocycles. The summed E-state index contributed by atoms with van der Waals surface area (Å²) in [5, 5.41) is 2.68. The van der Waals surface area contributed by atoms with Crippen molar-refractivity contribution in [2.75, 3.05) is 27.6 Å². The highest BCUT2D eigenvalue weighted by Crippen LogP contribution is 2.24. The molecule has 8 nitrogen and oxygen atoms in total. The quantitative estimate of drug-likeness (QED) is 0.527. The molecule has 3 rings (SSSR count). The van der Waals surface area contributed by atoms with Gasteiger partial charge in [-0.3, -0.25) is 13.8 Å². The van der Waals surface area contributed by atoms with Crippen LogP contribution in [-0.4, -0.2) is 36.0 Å². The minimum Gasteiger partial charge on any atom is -0.322 e. The molecule has 0 saturated heterocycles. The van der Waals surface area contributed by atoms with Crippen LogP contribution in [0.25, 0.3) is 0 Å². The normalized spacial score (nSPS) is 11.6. The predicted molar refractivity (Wildman–Crippen MR) is 131 cm³/mol. The molecular formula is C23H25N3O5S2. The Morgan fingerprint density at radius 1 is 0.879 bits per heavy atom. The first kappa shape index (κ1) is 24.3. The highest BCUT2D eigenvalue weighted by atomic mass is 32.2. The van der Waals surface area contributed by atoms with Crippen molar-refractivity contribution in [1.82, 2.24) is 0 Å². The summed E-state index contributed by atoms with van der Waals surface area (Å²) in [5.41, 5.74) is 3.04. The molecule has 0 bridgehead atoms. The van der Waals surface area contributed by atoms with E-state index in [4.69, 9.17) is 0 Å².